The lowest BCUT2D eigenvalue weighted by atomic mass is 10.1. The van der Waals surface area contributed by atoms with Crippen molar-refractivity contribution in [2.24, 2.45) is 0 Å². The second kappa shape index (κ2) is 9.54. The van der Waals surface area contributed by atoms with Gasteiger partial charge in [0.2, 0.25) is 0 Å². The molecule has 7 heteroatoms. The van der Waals surface area contributed by atoms with Crippen molar-refractivity contribution < 1.29 is 9.47 Å². The van der Waals surface area contributed by atoms with Gasteiger partial charge in [0.25, 0.3) is 0 Å². The predicted molar refractivity (Wildman–Crippen MR) is 129 cm³/mol. The number of hydrogen-bond acceptors (Lipinski definition) is 5. The average molecular weight is 499 g/mol. The van der Waals surface area contributed by atoms with Crippen LogP contribution in [0.2, 0.25) is 5.02 Å². The molecule has 2 aromatic carbocycles. The van der Waals surface area contributed by atoms with Gasteiger partial charge in [0.15, 0.2) is 0 Å². The van der Waals surface area contributed by atoms with Crippen molar-refractivity contribution in [1.29, 1.82) is 0 Å². The lowest BCUT2D eigenvalue weighted by molar-refractivity contribution is 0.301. The molecule has 4 rings (SSSR count). The van der Waals surface area contributed by atoms with E-state index in [1.54, 1.807) is 6.20 Å². The molecule has 0 aliphatic rings. The highest BCUT2D eigenvalue weighted by Gasteiger charge is 2.12. The van der Waals surface area contributed by atoms with Gasteiger partial charge in [0, 0.05) is 29.5 Å². The Bertz CT molecular complexity index is 1220. The maximum atomic E-state index is 6.48. The normalized spacial score (nSPS) is 10.8. The molecule has 0 saturated heterocycles. The minimum absolute atomic E-state index is 0.359. The van der Waals surface area contributed by atoms with Crippen LogP contribution in [0, 0.1) is 6.92 Å². The van der Waals surface area contributed by atoms with Crippen molar-refractivity contribution in [3.05, 3.63) is 81.7 Å². The Kier molecular flexibility index (Phi) is 6.59. The van der Waals surface area contributed by atoms with Gasteiger partial charge in [-0.25, -0.2) is 0 Å². The molecule has 0 radical (unpaired) electrons. The second-order valence-electron chi connectivity index (χ2n) is 6.93. The third kappa shape index (κ3) is 4.92. The van der Waals surface area contributed by atoms with Crippen LogP contribution >= 0.6 is 27.5 Å². The van der Waals surface area contributed by atoms with Crippen molar-refractivity contribution in [3.8, 4) is 11.5 Å². The Labute approximate surface area is 194 Å². The van der Waals surface area contributed by atoms with Crippen LogP contribution in [0.5, 0.6) is 11.5 Å². The molecule has 158 valence electrons. The number of benzene rings is 2. The van der Waals surface area contributed by atoms with Gasteiger partial charge in [-0.05, 0) is 71.7 Å². The first-order valence-electron chi connectivity index (χ1n) is 9.86. The number of hydrogen-bond donors (Lipinski definition) is 1. The lowest BCUT2D eigenvalue weighted by Gasteiger charge is -2.15. The van der Waals surface area contributed by atoms with Gasteiger partial charge in [0.1, 0.15) is 18.1 Å². The molecular weight excluding hydrogens is 478 g/mol. The zero-order valence-electron chi connectivity index (χ0n) is 17.2. The highest BCUT2D eigenvalue weighted by atomic mass is 79.9. The van der Waals surface area contributed by atoms with E-state index in [9.17, 15) is 0 Å². The highest BCUT2D eigenvalue weighted by Crippen LogP contribution is 2.37. The molecule has 31 heavy (non-hydrogen) atoms. The molecule has 5 nitrogen and oxygen atoms in total. The third-order valence-corrected chi connectivity index (χ3v) is 5.63. The van der Waals surface area contributed by atoms with E-state index in [4.69, 9.17) is 21.1 Å². The molecule has 0 saturated carbocycles. The number of nitrogens with zero attached hydrogens (tertiary/aromatic N) is 2. The van der Waals surface area contributed by atoms with Crippen LogP contribution in [0.1, 0.15) is 18.2 Å². The van der Waals surface area contributed by atoms with Crippen LogP contribution in [-0.4, -0.2) is 16.6 Å². The predicted octanol–water partition coefficient (Wildman–Crippen LogP) is 7.08. The van der Waals surface area contributed by atoms with Crippen LogP contribution in [0.3, 0.4) is 0 Å². The van der Waals surface area contributed by atoms with Crippen LogP contribution in [-0.2, 0) is 6.61 Å². The van der Waals surface area contributed by atoms with Crippen LogP contribution < -0.4 is 14.8 Å². The second-order valence-corrected chi connectivity index (χ2v) is 8.19. The summed E-state index contributed by atoms with van der Waals surface area (Å²) in [4.78, 5) is 8.82. The zero-order valence-corrected chi connectivity index (χ0v) is 19.5. The van der Waals surface area contributed by atoms with Crippen molar-refractivity contribution >= 4 is 49.8 Å². The summed E-state index contributed by atoms with van der Waals surface area (Å²) in [6.07, 6.45) is 3.59. The van der Waals surface area contributed by atoms with E-state index in [2.05, 4.69) is 31.2 Å². The molecular formula is C24H21BrClN3O2. The van der Waals surface area contributed by atoms with Gasteiger partial charge in [-0.15, -0.1) is 0 Å². The Balaban J connectivity index is 1.59. The number of fused-ring (bicyclic) bond motifs is 1. The van der Waals surface area contributed by atoms with Gasteiger partial charge in [0.05, 0.1) is 33.0 Å². The first-order chi connectivity index (χ1) is 15.0. The lowest BCUT2D eigenvalue weighted by Crippen LogP contribution is -2.00. The largest absolute Gasteiger partial charge is 0.493 e. The maximum Gasteiger partial charge on any atom is 0.138 e. The number of ether oxygens (including phenoxy) is 2. The summed E-state index contributed by atoms with van der Waals surface area (Å²) < 4.78 is 12.4. The average Bonchev–Trinajstić information content (AvgIpc) is 2.77. The number of aryl methyl sites for hydroxylation is 1. The minimum Gasteiger partial charge on any atom is -0.493 e. The fraction of sp³-hybridized carbons (Fsp3) is 0.167. The van der Waals surface area contributed by atoms with E-state index in [0.29, 0.717) is 24.0 Å². The number of pyridine rings is 2. The van der Waals surface area contributed by atoms with E-state index >= 15 is 0 Å². The monoisotopic (exact) mass is 497 g/mol. The van der Waals surface area contributed by atoms with Gasteiger partial charge >= 0.3 is 0 Å². The van der Waals surface area contributed by atoms with Gasteiger partial charge < -0.3 is 14.8 Å². The zero-order chi connectivity index (χ0) is 21.8. The number of nitrogens with one attached hydrogen (secondary N) is 1. The quantitative estimate of drug-likeness (QED) is 0.295. The van der Waals surface area contributed by atoms with Crippen molar-refractivity contribution in [1.82, 2.24) is 9.97 Å². The number of anilines is 2. The molecule has 0 bridgehead atoms. The van der Waals surface area contributed by atoms with Gasteiger partial charge in [-0.2, -0.15) is 0 Å². The van der Waals surface area contributed by atoms with E-state index in [1.807, 2.05) is 68.6 Å². The molecule has 0 aliphatic carbocycles. The summed E-state index contributed by atoms with van der Waals surface area (Å²) >= 11 is 10.1. The van der Waals surface area contributed by atoms with Gasteiger partial charge in [-0.1, -0.05) is 17.7 Å². The smallest absolute Gasteiger partial charge is 0.138 e. The highest BCUT2D eigenvalue weighted by molar-refractivity contribution is 9.10. The Morgan fingerprint density at radius 1 is 1.03 bits per heavy atom. The van der Waals surface area contributed by atoms with Gasteiger partial charge in [-0.3, -0.25) is 9.97 Å². The SMILES string of the molecule is CCOc1cc2ncc(C)c(Nc3ccc(OCc4ccccn4)c(Cl)c3)c2cc1Br. The fourth-order valence-corrected chi connectivity index (χ4v) is 3.89. The Hall–Kier alpha value is -2.83. The number of rotatable bonds is 7. The van der Waals surface area contributed by atoms with E-state index < -0.39 is 0 Å². The minimum atomic E-state index is 0.359. The molecule has 0 unspecified atom stereocenters. The summed E-state index contributed by atoms with van der Waals surface area (Å²) in [6.45, 7) is 4.93. The molecule has 0 amide bonds. The summed E-state index contributed by atoms with van der Waals surface area (Å²) in [5.41, 5.74) is 4.54. The van der Waals surface area contributed by atoms with Crippen molar-refractivity contribution in [3.63, 3.8) is 0 Å². The summed E-state index contributed by atoms with van der Waals surface area (Å²) in [5.74, 6) is 1.38. The van der Waals surface area contributed by atoms with E-state index in [-0.39, 0.29) is 0 Å². The van der Waals surface area contributed by atoms with Crippen LogP contribution in [0.4, 0.5) is 11.4 Å². The first-order valence-corrected chi connectivity index (χ1v) is 11.0. The number of halogens is 2. The van der Waals surface area contributed by atoms with Crippen molar-refractivity contribution in [2.75, 3.05) is 11.9 Å². The van der Waals surface area contributed by atoms with E-state index in [1.165, 1.54) is 0 Å². The van der Waals surface area contributed by atoms with Crippen LogP contribution in [0.25, 0.3) is 10.9 Å². The van der Waals surface area contributed by atoms with E-state index in [0.717, 1.165) is 43.8 Å². The molecule has 0 spiro atoms. The standard InChI is InChI=1S/C24H21BrClN3O2/c1-3-30-23-12-21-18(11-19(23)25)24(15(2)13-28-21)29-16-7-8-22(20(26)10-16)31-14-17-6-4-5-9-27-17/h4-13H,3,14H2,1-2H3,(H,28,29). The maximum absolute atomic E-state index is 6.48. The first kappa shape index (κ1) is 21.4. The topological polar surface area (TPSA) is 56.3 Å². The Morgan fingerprint density at radius 2 is 1.90 bits per heavy atom. The molecule has 2 heterocycles. The van der Waals surface area contributed by atoms with Crippen molar-refractivity contribution in [2.45, 2.75) is 20.5 Å². The molecule has 0 aliphatic heterocycles. The molecule has 4 aromatic rings. The molecule has 0 fully saturated rings. The third-order valence-electron chi connectivity index (χ3n) is 4.71. The van der Waals surface area contributed by atoms with Crippen LogP contribution in [0.15, 0.2) is 65.4 Å². The molecule has 0 atom stereocenters. The summed E-state index contributed by atoms with van der Waals surface area (Å²) in [5, 5.41) is 4.99. The fourth-order valence-electron chi connectivity index (χ4n) is 3.20. The summed E-state index contributed by atoms with van der Waals surface area (Å²) in [7, 11) is 0. The number of aromatic nitrogens is 2. The Morgan fingerprint density at radius 3 is 2.65 bits per heavy atom. The summed E-state index contributed by atoms with van der Waals surface area (Å²) in [6, 6.07) is 15.3. The molecule has 2 aromatic heterocycles. The molecule has 1 N–H and O–H groups in total.